The van der Waals surface area contributed by atoms with E-state index in [4.69, 9.17) is 32.8 Å². The molecule has 292 valence electrons. The van der Waals surface area contributed by atoms with Crippen molar-refractivity contribution in [2.24, 2.45) is 5.92 Å². The molecule has 0 aliphatic carbocycles. The van der Waals surface area contributed by atoms with Crippen molar-refractivity contribution in [2.45, 2.75) is 103 Å². The van der Waals surface area contributed by atoms with Crippen molar-refractivity contribution in [3.05, 3.63) is 108 Å². The Balaban J connectivity index is 1.68. The van der Waals surface area contributed by atoms with Gasteiger partial charge in [-0.05, 0) is 98.3 Å². The number of ether oxygens (including phenoxy) is 6. The molecule has 1 aliphatic rings. The topological polar surface area (TPSA) is 98.8 Å². The van der Waals surface area contributed by atoms with Crippen LogP contribution in [0.3, 0.4) is 0 Å². The summed E-state index contributed by atoms with van der Waals surface area (Å²) >= 11 is 0. The van der Waals surface area contributed by atoms with Gasteiger partial charge in [0.2, 0.25) is 0 Å². The van der Waals surface area contributed by atoms with E-state index >= 15 is 0 Å². The Morgan fingerprint density at radius 3 is 2.15 bits per heavy atom. The first-order valence-electron chi connectivity index (χ1n) is 18.5. The maximum Gasteiger partial charge on any atom is 0.342 e. The molecule has 0 bridgehead atoms. The van der Waals surface area contributed by atoms with Crippen molar-refractivity contribution in [2.75, 3.05) is 21.0 Å². The number of benzene rings is 3. The molecule has 0 spiro atoms. The Morgan fingerprint density at radius 2 is 1.54 bits per heavy atom. The Hall–Kier alpha value is -4.06. The smallest absolute Gasteiger partial charge is 0.342 e. The molecule has 54 heavy (non-hydrogen) atoms. The van der Waals surface area contributed by atoms with E-state index in [0.29, 0.717) is 23.3 Å². The summed E-state index contributed by atoms with van der Waals surface area (Å²) in [5.41, 5.74) is 3.11. The number of carbonyl (C=O) groups excluding carboxylic acids is 2. The monoisotopic (exact) mass is 758 g/mol. The first-order valence-corrected chi connectivity index (χ1v) is 21.4. The fourth-order valence-electron chi connectivity index (χ4n) is 5.95. The van der Waals surface area contributed by atoms with E-state index in [9.17, 15) is 9.59 Å². The number of hydrogen-bond donors (Lipinski definition) is 0. The maximum atomic E-state index is 13.5. The van der Waals surface area contributed by atoms with E-state index in [2.05, 4.69) is 47.7 Å². The highest BCUT2D eigenvalue weighted by molar-refractivity contribution is 6.74. The van der Waals surface area contributed by atoms with Crippen molar-refractivity contribution in [3.63, 3.8) is 0 Å². The molecule has 5 atom stereocenters. The van der Waals surface area contributed by atoms with Gasteiger partial charge in [-0.3, -0.25) is 0 Å². The predicted molar refractivity (Wildman–Crippen MR) is 215 cm³/mol. The lowest BCUT2D eigenvalue weighted by atomic mass is 9.96. The Kier molecular flexibility index (Phi) is 14.6. The number of hydrogen-bond acceptors (Lipinski definition) is 9. The van der Waals surface area contributed by atoms with Crippen molar-refractivity contribution in [3.8, 4) is 16.9 Å². The van der Waals surface area contributed by atoms with Crippen LogP contribution < -0.4 is 4.74 Å². The molecule has 1 saturated heterocycles. The zero-order chi connectivity index (χ0) is 39.7. The van der Waals surface area contributed by atoms with E-state index in [0.717, 1.165) is 11.1 Å². The molecule has 1 unspecified atom stereocenters. The number of carbonyl (C=O) groups is 2. The SMILES string of the molecule is COCOc1cc(-c2ccccc2)cc(C=CC[C@@H]2OC(C)(C)O[C@@H]2C(C=C[C@@H](C)[C@H](C)O[Si](C)(C)C(C)(C)C)OC(=O)c2ccccc2)c1C(=O)OC. The van der Waals surface area contributed by atoms with E-state index in [1.165, 1.54) is 14.2 Å². The van der Waals surface area contributed by atoms with Gasteiger partial charge in [0.15, 0.2) is 20.9 Å². The summed E-state index contributed by atoms with van der Waals surface area (Å²) in [5.74, 6) is -1.60. The lowest BCUT2D eigenvalue weighted by molar-refractivity contribution is -0.152. The Morgan fingerprint density at radius 1 is 0.889 bits per heavy atom. The molecule has 0 amide bonds. The van der Waals surface area contributed by atoms with Gasteiger partial charge in [0.25, 0.3) is 0 Å². The summed E-state index contributed by atoms with van der Waals surface area (Å²) < 4.78 is 42.0. The molecule has 0 saturated carbocycles. The van der Waals surface area contributed by atoms with Gasteiger partial charge in [-0.15, -0.1) is 0 Å². The maximum absolute atomic E-state index is 13.5. The van der Waals surface area contributed by atoms with Crippen molar-refractivity contribution in [1.29, 1.82) is 0 Å². The molecular formula is C44H58O9Si. The van der Waals surface area contributed by atoms with Crippen molar-refractivity contribution >= 4 is 26.3 Å². The van der Waals surface area contributed by atoms with Gasteiger partial charge in [-0.2, -0.15) is 0 Å². The molecule has 1 fully saturated rings. The molecular weight excluding hydrogens is 701 g/mol. The van der Waals surface area contributed by atoms with E-state index in [1.807, 2.05) is 86.7 Å². The first kappa shape index (κ1) is 42.7. The fraction of sp³-hybridized carbons (Fsp3) is 0.455. The normalized spacial score (nSPS) is 19.1. The zero-order valence-corrected chi connectivity index (χ0v) is 34.7. The molecule has 3 aromatic carbocycles. The van der Waals surface area contributed by atoms with Gasteiger partial charge in [-0.1, -0.05) is 94.5 Å². The van der Waals surface area contributed by atoms with Crippen molar-refractivity contribution in [1.82, 2.24) is 0 Å². The first-order chi connectivity index (χ1) is 25.5. The highest BCUT2D eigenvalue weighted by Crippen LogP contribution is 2.39. The molecule has 3 aromatic rings. The van der Waals surface area contributed by atoms with Gasteiger partial charge in [0.05, 0.1) is 18.8 Å². The molecule has 1 aliphatic heterocycles. The summed E-state index contributed by atoms with van der Waals surface area (Å²) in [6, 6.07) is 22.5. The van der Waals surface area contributed by atoms with E-state index < -0.39 is 44.4 Å². The fourth-order valence-corrected chi connectivity index (χ4v) is 7.44. The predicted octanol–water partition coefficient (Wildman–Crippen LogP) is 9.87. The second-order valence-electron chi connectivity index (χ2n) is 15.7. The van der Waals surface area contributed by atoms with Crippen LogP contribution in [0.15, 0.2) is 91.0 Å². The minimum Gasteiger partial charge on any atom is -0.467 e. The minimum atomic E-state index is -2.02. The highest BCUT2D eigenvalue weighted by Gasteiger charge is 2.46. The van der Waals surface area contributed by atoms with Crippen LogP contribution in [0.5, 0.6) is 5.75 Å². The molecule has 4 rings (SSSR count). The second kappa shape index (κ2) is 18.5. The molecule has 0 aromatic heterocycles. The third-order valence-electron chi connectivity index (χ3n) is 10.1. The van der Waals surface area contributed by atoms with Gasteiger partial charge >= 0.3 is 11.9 Å². The standard InChI is InChI=1S/C44H58O9Si/c1-30(31(2)53-54(10,11)43(3,4)5)25-26-36(50-41(45)33-21-16-13-17-22-33)40-37(51-44(6,7)52-40)24-18-23-34-27-35(32-19-14-12-15-20-32)28-38(49-29-47-8)39(34)42(46)48-9/h12-23,25-28,30-31,36-37,40H,24,29H2,1-11H3/t30-,31+,36?,37+,40-/m1/s1. The van der Waals surface area contributed by atoms with Crippen molar-refractivity contribution < 1.29 is 42.4 Å². The van der Waals surface area contributed by atoms with Crippen LogP contribution in [0.4, 0.5) is 0 Å². The third kappa shape index (κ3) is 11.2. The molecule has 0 radical (unpaired) electrons. The van der Waals surface area contributed by atoms with Gasteiger partial charge in [-0.25, -0.2) is 9.59 Å². The minimum absolute atomic E-state index is 0.0221. The lowest BCUT2D eigenvalue weighted by Gasteiger charge is -2.39. The van der Waals surface area contributed by atoms with Crippen LogP contribution in [0.25, 0.3) is 17.2 Å². The van der Waals surface area contributed by atoms with Gasteiger partial charge in [0.1, 0.15) is 23.5 Å². The number of esters is 2. The van der Waals surface area contributed by atoms with Gasteiger partial charge in [0, 0.05) is 13.2 Å². The molecule has 10 heteroatoms. The summed E-state index contributed by atoms with van der Waals surface area (Å²) in [6.45, 7) is 19.0. The molecule has 0 N–H and O–H groups in total. The lowest BCUT2D eigenvalue weighted by Crippen LogP contribution is -2.44. The summed E-state index contributed by atoms with van der Waals surface area (Å²) in [7, 11) is 0.838. The van der Waals surface area contributed by atoms with Crippen LogP contribution in [-0.2, 0) is 28.1 Å². The van der Waals surface area contributed by atoms with Crippen LogP contribution in [0.1, 0.15) is 81.2 Å². The van der Waals surface area contributed by atoms with Crippen LogP contribution >= 0.6 is 0 Å². The van der Waals surface area contributed by atoms with E-state index in [1.54, 1.807) is 24.3 Å². The molecule has 1 heterocycles. The van der Waals surface area contributed by atoms with Gasteiger partial charge < -0.3 is 32.8 Å². The average Bonchev–Trinajstić information content (AvgIpc) is 3.45. The summed E-state index contributed by atoms with van der Waals surface area (Å²) in [5, 5.41) is 0.0682. The zero-order valence-electron chi connectivity index (χ0n) is 33.7. The average molecular weight is 759 g/mol. The van der Waals surface area contributed by atoms with Crippen LogP contribution in [-0.4, -0.2) is 71.5 Å². The number of methoxy groups -OCH3 is 2. The number of rotatable bonds is 16. The largest absolute Gasteiger partial charge is 0.467 e. The summed E-state index contributed by atoms with van der Waals surface area (Å²) in [6.07, 6.45) is 6.12. The second-order valence-corrected chi connectivity index (χ2v) is 20.4. The molecule has 9 nitrogen and oxygen atoms in total. The Labute approximate surface area is 322 Å². The Bertz CT molecular complexity index is 1740. The van der Waals surface area contributed by atoms with E-state index in [-0.39, 0.29) is 29.4 Å². The van der Waals surface area contributed by atoms with Crippen LogP contribution in [0, 0.1) is 5.92 Å². The quantitative estimate of drug-likeness (QED) is 0.0612. The van der Waals surface area contributed by atoms with Crippen LogP contribution in [0.2, 0.25) is 18.1 Å². The summed E-state index contributed by atoms with van der Waals surface area (Å²) in [4.78, 5) is 26.6. The third-order valence-corrected chi connectivity index (χ3v) is 14.6. The highest BCUT2D eigenvalue weighted by atomic mass is 28.4.